The van der Waals surface area contributed by atoms with E-state index in [2.05, 4.69) is 5.32 Å². The third-order valence-corrected chi connectivity index (χ3v) is 4.80. The number of carbonyl (C=O) groups is 1. The third kappa shape index (κ3) is 6.42. The molecule has 2 aromatic rings. The number of ether oxygens (including phenoxy) is 2. The number of hydrogen-bond acceptors (Lipinski definition) is 5. The summed E-state index contributed by atoms with van der Waals surface area (Å²) in [4.78, 5) is 12.3. The second kappa shape index (κ2) is 9.94. The van der Waals surface area contributed by atoms with Crippen molar-refractivity contribution in [3.05, 3.63) is 54.1 Å². The zero-order valence-electron chi connectivity index (χ0n) is 16.3. The van der Waals surface area contributed by atoms with E-state index in [9.17, 15) is 13.2 Å². The van der Waals surface area contributed by atoms with E-state index in [0.29, 0.717) is 30.4 Å². The molecule has 0 aliphatic rings. The number of rotatable bonds is 9. The van der Waals surface area contributed by atoms with Crippen molar-refractivity contribution in [1.82, 2.24) is 0 Å². The molecule has 1 N–H and O–H groups in total. The van der Waals surface area contributed by atoms with Crippen molar-refractivity contribution in [2.24, 2.45) is 0 Å². The highest BCUT2D eigenvalue weighted by atomic mass is 32.2. The molecule has 0 saturated heterocycles. The highest BCUT2D eigenvalue weighted by molar-refractivity contribution is 7.90. The molecule has 1 amide bonds. The van der Waals surface area contributed by atoms with E-state index in [1.54, 1.807) is 18.2 Å². The Morgan fingerprint density at radius 1 is 1.07 bits per heavy atom. The maximum absolute atomic E-state index is 12.2. The molecule has 0 fully saturated rings. The van der Waals surface area contributed by atoms with Crippen LogP contribution >= 0.6 is 0 Å². The predicted octanol–water partition coefficient (Wildman–Crippen LogP) is 3.93. The van der Waals surface area contributed by atoms with Gasteiger partial charge in [0.2, 0.25) is 5.91 Å². The standard InChI is InChI=1S/C21H25NO5S/c1-4-13-27-19-11-9-16(14-20(19)26-5-2)10-12-21(23)22-17-7-6-8-18(15-17)28(3,24)25/h6-12,14-15H,4-5,13H2,1-3H3,(H,22,23)/b12-10+. The van der Waals surface area contributed by atoms with Gasteiger partial charge in [-0.05, 0) is 55.3 Å². The van der Waals surface area contributed by atoms with Crippen LogP contribution in [0.4, 0.5) is 5.69 Å². The van der Waals surface area contributed by atoms with Gasteiger partial charge in [0, 0.05) is 18.0 Å². The predicted molar refractivity (Wildman–Crippen MR) is 111 cm³/mol. The van der Waals surface area contributed by atoms with Crippen molar-refractivity contribution in [2.75, 3.05) is 24.8 Å². The first kappa shape index (κ1) is 21.5. The van der Waals surface area contributed by atoms with Crippen molar-refractivity contribution < 1.29 is 22.7 Å². The van der Waals surface area contributed by atoms with Crippen LogP contribution in [0.3, 0.4) is 0 Å². The highest BCUT2D eigenvalue weighted by Gasteiger charge is 2.08. The van der Waals surface area contributed by atoms with Gasteiger partial charge >= 0.3 is 0 Å². The minimum atomic E-state index is -3.33. The Bertz CT molecular complexity index is 951. The smallest absolute Gasteiger partial charge is 0.248 e. The molecule has 0 saturated carbocycles. The number of nitrogens with one attached hydrogen (secondary N) is 1. The zero-order valence-corrected chi connectivity index (χ0v) is 17.1. The van der Waals surface area contributed by atoms with Gasteiger partial charge in [0.05, 0.1) is 18.1 Å². The van der Waals surface area contributed by atoms with E-state index >= 15 is 0 Å². The van der Waals surface area contributed by atoms with Gasteiger partial charge < -0.3 is 14.8 Å². The molecule has 0 atom stereocenters. The van der Waals surface area contributed by atoms with E-state index in [4.69, 9.17) is 9.47 Å². The molecule has 2 aromatic carbocycles. The minimum absolute atomic E-state index is 0.151. The van der Waals surface area contributed by atoms with Gasteiger partial charge in [-0.15, -0.1) is 0 Å². The Hall–Kier alpha value is -2.80. The maximum atomic E-state index is 12.2. The number of sulfone groups is 1. The Labute approximate surface area is 166 Å². The summed E-state index contributed by atoms with van der Waals surface area (Å²) in [7, 11) is -3.33. The van der Waals surface area contributed by atoms with Crippen LogP contribution in [0.15, 0.2) is 53.4 Å². The Balaban J connectivity index is 2.10. The lowest BCUT2D eigenvalue weighted by Crippen LogP contribution is -2.08. The molecule has 0 spiro atoms. The van der Waals surface area contributed by atoms with E-state index in [1.165, 1.54) is 18.2 Å². The van der Waals surface area contributed by atoms with Gasteiger partial charge in [0.15, 0.2) is 21.3 Å². The lowest BCUT2D eigenvalue weighted by molar-refractivity contribution is -0.111. The third-order valence-electron chi connectivity index (χ3n) is 3.69. The summed E-state index contributed by atoms with van der Waals surface area (Å²) in [6.45, 7) is 5.03. The quantitative estimate of drug-likeness (QED) is 0.642. The summed E-state index contributed by atoms with van der Waals surface area (Å²) >= 11 is 0. The van der Waals surface area contributed by atoms with Crippen LogP contribution in [0.2, 0.25) is 0 Å². The first-order valence-corrected chi connectivity index (χ1v) is 10.9. The fourth-order valence-corrected chi connectivity index (χ4v) is 3.06. The number of anilines is 1. The van der Waals surface area contributed by atoms with Crippen molar-refractivity contribution in [2.45, 2.75) is 25.2 Å². The summed E-state index contributed by atoms with van der Waals surface area (Å²) < 4.78 is 34.5. The Kier molecular flexibility index (Phi) is 7.63. The average Bonchev–Trinajstić information content (AvgIpc) is 2.65. The van der Waals surface area contributed by atoms with Gasteiger partial charge in [-0.1, -0.05) is 19.1 Å². The molecule has 0 radical (unpaired) electrons. The van der Waals surface area contributed by atoms with Crippen LogP contribution in [0.1, 0.15) is 25.8 Å². The van der Waals surface area contributed by atoms with Crippen LogP contribution < -0.4 is 14.8 Å². The van der Waals surface area contributed by atoms with Crippen LogP contribution in [-0.4, -0.2) is 33.8 Å². The first-order valence-electron chi connectivity index (χ1n) is 9.02. The van der Waals surface area contributed by atoms with E-state index < -0.39 is 9.84 Å². The molecular formula is C21H25NO5S. The molecule has 28 heavy (non-hydrogen) atoms. The molecule has 0 aliphatic carbocycles. The van der Waals surface area contributed by atoms with E-state index in [-0.39, 0.29) is 10.8 Å². The number of benzene rings is 2. The normalized spacial score (nSPS) is 11.4. The van der Waals surface area contributed by atoms with Gasteiger partial charge in [-0.25, -0.2) is 8.42 Å². The summed E-state index contributed by atoms with van der Waals surface area (Å²) in [5, 5.41) is 2.66. The molecule has 6 nitrogen and oxygen atoms in total. The van der Waals surface area contributed by atoms with Crippen LogP contribution in [0, 0.1) is 0 Å². The molecule has 2 rings (SSSR count). The molecule has 0 bridgehead atoms. The fourth-order valence-electron chi connectivity index (χ4n) is 2.39. The molecular weight excluding hydrogens is 378 g/mol. The summed E-state index contributed by atoms with van der Waals surface area (Å²) in [6, 6.07) is 11.6. The van der Waals surface area contributed by atoms with Crippen molar-refractivity contribution in [3.63, 3.8) is 0 Å². The molecule has 0 aliphatic heterocycles. The number of amides is 1. The van der Waals surface area contributed by atoms with E-state index in [1.807, 2.05) is 32.0 Å². The summed E-state index contributed by atoms with van der Waals surface area (Å²) in [5.74, 6) is 0.928. The number of hydrogen-bond donors (Lipinski definition) is 1. The van der Waals surface area contributed by atoms with E-state index in [0.717, 1.165) is 18.2 Å². The lowest BCUT2D eigenvalue weighted by Gasteiger charge is -2.12. The van der Waals surface area contributed by atoms with Crippen LogP contribution in [0.25, 0.3) is 6.08 Å². The summed E-state index contributed by atoms with van der Waals surface area (Å²) in [6.07, 6.45) is 5.05. The van der Waals surface area contributed by atoms with Crippen molar-refractivity contribution >= 4 is 27.5 Å². The largest absolute Gasteiger partial charge is 0.490 e. The summed E-state index contributed by atoms with van der Waals surface area (Å²) in [5.41, 5.74) is 1.20. The SMILES string of the molecule is CCCOc1ccc(/C=C/C(=O)Nc2cccc(S(C)(=O)=O)c2)cc1OCC. The maximum Gasteiger partial charge on any atom is 0.248 e. The topological polar surface area (TPSA) is 81.7 Å². The molecule has 0 unspecified atom stereocenters. The van der Waals surface area contributed by atoms with Gasteiger partial charge in [0.1, 0.15) is 0 Å². The average molecular weight is 404 g/mol. The zero-order chi connectivity index (χ0) is 20.6. The second-order valence-corrected chi connectivity index (χ2v) is 8.13. The van der Waals surface area contributed by atoms with Crippen molar-refractivity contribution in [3.8, 4) is 11.5 Å². The molecule has 0 heterocycles. The van der Waals surface area contributed by atoms with Crippen LogP contribution in [0.5, 0.6) is 11.5 Å². The molecule has 0 aromatic heterocycles. The number of carbonyl (C=O) groups excluding carboxylic acids is 1. The Morgan fingerprint density at radius 3 is 2.54 bits per heavy atom. The fraction of sp³-hybridized carbons (Fsp3) is 0.286. The minimum Gasteiger partial charge on any atom is -0.490 e. The molecule has 150 valence electrons. The van der Waals surface area contributed by atoms with Gasteiger partial charge in [-0.3, -0.25) is 4.79 Å². The van der Waals surface area contributed by atoms with Gasteiger partial charge in [0.25, 0.3) is 0 Å². The Morgan fingerprint density at radius 2 is 1.86 bits per heavy atom. The lowest BCUT2D eigenvalue weighted by atomic mass is 10.2. The molecule has 7 heteroatoms. The van der Waals surface area contributed by atoms with Crippen LogP contribution in [-0.2, 0) is 14.6 Å². The second-order valence-electron chi connectivity index (χ2n) is 6.11. The highest BCUT2D eigenvalue weighted by Crippen LogP contribution is 2.29. The van der Waals surface area contributed by atoms with Crippen molar-refractivity contribution in [1.29, 1.82) is 0 Å². The first-order chi connectivity index (χ1) is 13.3. The monoisotopic (exact) mass is 403 g/mol. The van der Waals surface area contributed by atoms with Gasteiger partial charge in [-0.2, -0.15) is 0 Å².